The van der Waals surface area contributed by atoms with Crippen molar-refractivity contribution in [3.05, 3.63) is 59.7 Å². The zero-order chi connectivity index (χ0) is 24.1. The van der Waals surface area contributed by atoms with Gasteiger partial charge in [-0.05, 0) is 29.2 Å². The molecule has 0 aromatic heterocycles. The van der Waals surface area contributed by atoms with E-state index >= 15 is 0 Å². The summed E-state index contributed by atoms with van der Waals surface area (Å²) < 4.78 is 16.5. The number of alkyl carbamates (subject to hydrolysis) is 1. The molecule has 2 atom stereocenters. The molecule has 1 aliphatic carbocycles. The molecule has 34 heavy (non-hydrogen) atoms. The zero-order valence-electron chi connectivity index (χ0n) is 18.9. The van der Waals surface area contributed by atoms with Gasteiger partial charge < -0.3 is 30.0 Å². The highest BCUT2D eigenvalue weighted by molar-refractivity contribution is 5.89. The lowest BCUT2D eigenvalue weighted by Gasteiger charge is -2.34. The first kappa shape index (κ1) is 23.7. The van der Waals surface area contributed by atoms with Crippen LogP contribution < -0.4 is 10.6 Å². The van der Waals surface area contributed by atoms with Crippen LogP contribution in [0.5, 0.6) is 0 Å². The minimum Gasteiger partial charge on any atom is -0.481 e. The molecular weight excluding hydrogens is 440 g/mol. The van der Waals surface area contributed by atoms with E-state index in [1.165, 1.54) is 0 Å². The fraction of sp³-hybridized carbons (Fsp3) is 0.400. The van der Waals surface area contributed by atoms with E-state index in [0.29, 0.717) is 19.8 Å². The Morgan fingerprint density at radius 3 is 2.32 bits per heavy atom. The number of hydrogen-bond donors (Lipinski definition) is 3. The highest BCUT2D eigenvalue weighted by Crippen LogP contribution is 2.44. The number of ether oxygens (including phenoxy) is 3. The van der Waals surface area contributed by atoms with Gasteiger partial charge in [0.05, 0.1) is 26.2 Å². The van der Waals surface area contributed by atoms with E-state index in [9.17, 15) is 19.5 Å². The van der Waals surface area contributed by atoms with Crippen LogP contribution >= 0.6 is 0 Å². The Morgan fingerprint density at radius 2 is 1.74 bits per heavy atom. The highest BCUT2D eigenvalue weighted by atomic mass is 16.6. The molecule has 0 radical (unpaired) electrons. The molecule has 0 spiro atoms. The largest absolute Gasteiger partial charge is 0.481 e. The van der Waals surface area contributed by atoms with Crippen molar-refractivity contribution < 1.29 is 33.7 Å². The van der Waals surface area contributed by atoms with E-state index in [1.807, 2.05) is 48.5 Å². The molecule has 1 fully saturated rings. The number of carbonyl (C=O) groups is 3. The maximum absolute atomic E-state index is 12.6. The Balaban J connectivity index is 1.37. The lowest BCUT2D eigenvalue weighted by atomic mass is 9.98. The number of carboxylic acid groups (broad SMARTS) is 1. The Labute approximate surface area is 197 Å². The van der Waals surface area contributed by atoms with Crippen molar-refractivity contribution in [2.75, 3.05) is 33.0 Å². The Bertz CT molecular complexity index is 1020. The Kier molecular flexibility index (Phi) is 7.14. The van der Waals surface area contributed by atoms with Crippen molar-refractivity contribution >= 4 is 18.0 Å². The van der Waals surface area contributed by atoms with E-state index < -0.39 is 36.0 Å². The predicted octanol–water partition coefficient (Wildman–Crippen LogP) is 2.29. The minimum absolute atomic E-state index is 0.0600. The first-order valence-corrected chi connectivity index (χ1v) is 11.2. The highest BCUT2D eigenvalue weighted by Gasteiger charge is 2.33. The lowest BCUT2D eigenvalue weighted by Crippen LogP contribution is -2.54. The fourth-order valence-corrected chi connectivity index (χ4v) is 4.34. The summed E-state index contributed by atoms with van der Waals surface area (Å²) >= 11 is 0. The van der Waals surface area contributed by atoms with Crippen molar-refractivity contribution in [1.29, 1.82) is 0 Å². The fourth-order valence-electron chi connectivity index (χ4n) is 4.34. The number of carbonyl (C=O) groups excluding carboxylic acids is 2. The van der Waals surface area contributed by atoms with Crippen molar-refractivity contribution in [3.63, 3.8) is 0 Å². The van der Waals surface area contributed by atoms with Crippen LogP contribution in [0.1, 0.15) is 30.4 Å². The van der Waals surface area contributed by atoms with E-state index in [0.717, 1.165) is 22.3 Å². The molecule has 1 saturated heterocycles. The number of rotatable bonds is 8. The third kappa shape index (κ3) is 5.37. The normalized spacial score (nSPS) is 20.0. The molecule has 9 heteroatoms. The molecule has 0 saturated carbocycles. The molecule has 180 valence electrons. The van der Waals surface area contributed by atoms with Crippen LogP contribution in [0.15, 0.2) is 48.5 Å². The number of fused-ring (bicyclic) bond motifs is 3. The monoisotopic (exact) mass is 468 g/mol. The molecule has 2 aromatic rings. The quantitative estimate of drug-likeness (QED) is 0.543. The minimum atomic E-state index is -1.29. The number of hydrogen-bond acceptors (Lipinski definition) is 6. The number of aliphatic carboxylic acids is 1. The van der Waals surface area contributed by atoms with Crippen molar-refractivity contribution in [2.24, 2.45) is 0 Å². The molecule has 3 N–H and O–H groups in total. The summed E-state index contributed by atoms with van der Waals surface area (Å²) in [6, 6.07) is 14.6. The average Bonchev–Trinajstić information content (AvgIpc) is 3.15. The second kappa shape index (κ2) is 10.2. The maximum Gasteiger partial charge on any atom is 0.407 e. The predicted molar refractivity (Wildman–Crippen MR) is 122 cm³/mol. The molecule has 0 bridgehead atoms. The van der Waals surface area contributed by atoms with Gasteiger partial charge in [-0.1, -0.05) is 48.5 Å². The topological polar surface area (TPSA) is 123 Å². The van der Waals surface area contributed by atoms with Crippen LogP contribution in [0, 0.1) is 0 Å². The van der Waals surface area contributed by atoms with Gasteiger partial charge in [-0.3, -0.25) is 9.59 Å². The lowest BCUT2D eigenvalue weighted by molar-refractivity contribution is -0.150. The molecule has 2 aliphatic rings. The number of amides is 2. The number of nitrogens with one attached hydrogen (secondary N) is 2. The second-order valence-electron chi connectivity index (χ2n) is 8.69. The van der Waals surface area contributed by atoms with E-state index in [-0.39, 0.29) is 19.1 Å². The van der Waals surface area contributed by atoms with Gasteiger partial charge in [0.25, 0.3) is 0 Å². The van der Waals surface area contributed by atoms with Crippen LogP contribution in [-0.4, -0.2) is 67.7 Å². The standard InChI is InChI=1S/C25H28N2O7/c1-25(15-32-10-11-34-25)14-26-23(30)21(12-22(28)29)27-24(31)33-13-20-18-8-4-2-6-16(18)17-7-3-5-9-19(17)20/h2-9,20-21H,10-15H2,1H3,(H,26,30)(H,27,31)(H,28,29). The molecule has 2 aromatic carbocycles. The van der Waals surface area contributed by atoms with Crippen LogP contribution in [0.25, 0.3) is 11.1 Å². The first-order chi connectivity index (χ1) is 16.4. The molecule has 4 rings (SSSR count). The maximum atomic E-state index is 12.6. The summed E-state index contributed by atoms with van der Waals surface area (Å²) in [5.74, 6) is -2.00. The number of benzene rings is 2. The summed E-state index contributed by atoms with van der Waals surface area (Å²) in [5.41, 5.74) is 3.58. The molecule has 9 nitrogen and oxygen atoms in total. The summed E-state index contributed by atoms with van der Waals surface area (Å²) in [4.78, 5) is 36.5. The van der Waals surface area contributed by atoms with Crippen molar-refractivity contribution in [1.82, 2.24) is 10.6 Å². The Morgan fingerprint density at radius 1 is 1.09 bits per heavy atom. The van der Waals surface area contributed by atoms with Gasteiger partial charge in [0.2, 0.25) is 5.91 Å². The summed E-state index contributed by atoms with van der Waals surface area (Å²) in [5, 5.41) is 14.3. The second-order valence-corrected chi connectivity index (χ2v) is 8.69. The molecule has 2 amide bonds. The van der Waals surface area contributed by atoms with Crippen LogP contribution in [0.4, 0.5) is 4.79 Å². The smallest absolute Gasteiger partial charge is 0.407 e. The average molecular weight is 469 g/mol. The van der Waals surface area contributed by atoms with Gasteiger partial charge in [0, 0.05) is 12.5 Å². The van der Waals surface area contributed by atoms with Crippen LogP contribution in [0.3, 0.4) is 0 Å². The van der Waals surface area contributed by atoms with Crippen molar-refractivity contribution in [3.8, 4) is 11.1 Å². The van der Waals surface area contributed by atoms with Gasteiger partial charge >= 0.3 is 12.1 Å². The van der Waals surface area contributed by atoms with Crippen LogP contribution in [-0.2, 0) is 23.8 Å². The summed E-state index contributed by atoms with van der Waals surface area (Å²) in [6.07, 6.45) is -1.43. The SMILES string of the molecule is CC1(CNC(=O)C(CC(=O)O)NC(=O)OCC2c3ccccc3-c3ccccc32)COCCO1. The van der Waals surface area contributed by atoms with Gasteiger partial charge in [0.1, 0.15) is 18.2 Å². The van der Waals surface area contributed by atoms with E-state index in [2.05, 4.69) is 10.6 Å². The van der Waals surface area contributed by atoms with Gasteiger partial charge in [-0.2, -0.15) is 0 Å². The van der Waals surface area contributed by atoms with Crippen LogP contribution in [0.2, 0.25) is 0 Å². The van der Waals surface area contributed by atoms with Crippen molar-refractivity contribution in [2.45, 2.75) is 30.9 Å². The van der Waals surface area contributed by atoms with Gasteiger partial charge in [-0.15, -0.1) is 0 Å². The molecule has 1 heterocycles. The molecule has 2 unspecified atom stereocenters. The third-order valence-corrected chi connectivity index (χ3v) is 6.05. The molecular formula is C25H28N2O7. The van der Waals surface area contributed by atoms with Gasteiger partial charge in [0.15, 0.2) is 0 Å². The first-order valence-electron chi connectivity index (χ1n) is 11.2. The summed E-state index contributed by atoms with van der Waals surface area (Å²) in [6.45, 7) is 3.16. The third-order valence-electron chi connectivity index (χ3n) is 6.05. The van der Waals surface area contributed by atoms with E-state index in [4.69, 9.17) is 14.2 Å². The number of carboxylic acids is 1. The molecule has 1 aliphatic heterocycles. The van der Waals surface area contributed by atoms with E-state index in [1.54, 1.807) is 6.92 Å². The zero-order valence-corrected chi connectivity index (χ0v) is 18.9. The van der Waals surface area contributed by atoms with Gasteiger partial charge in [-0.25, -0.2) is 4.79 Å². The Hall–Kier alpha value is -3.43. The summed E-state index contributed by atoms with van der Waals surface area (Å²) in [7, 11) is 0.